The summed E-state index contributed by atoms with van der Waals surface area (Å²) in [5, 5.41) is 2.96. The molecule has 2 rings (SSSR count). The maximum Gasteiger partial charge on any atom is 0.261 e. The average Bonchev–Trinajstić information content (AvgIpc) is 2.75. The van der Waals surface area contributed by atoms with Crippen molar-refractivity contribution in [1.29, 1.82) is 0 Å². The Kier molecular flexibility index (Phi) is 8.71. The van der Waals surface area contributed by atoms with Crippen LogP contribution in [0.1, 0.15) is 38.3 Å². The predicted octanol–water partition coefficient (Wildman–Crippen LogP) is 3.71. The Hall–Kier alpha value is -3.02. The Morgan fingerprint density at radius 3 is 2.40 bits per heavy atom. The quantitative estimate of drug-likeness (QED) is 0.646. The normalized spacial score (nSPS) is 12.6. The molecule has 0 spiro atoms. The lowest BCUT2D eigenvalue weighted by Crippen LogP contribution is -2.50. The molecule has 0 fully saturated rings. The molecule has 0 aliphatic heterocycles. The first-order valence-electron chi connectivity index (χ1n) is 10.3. The van der Waals surface area contributed by atoms with E-state index in [1.165, 1.54) is 0 Å². The molecule has 162 valence electrons. The number of nitrogens with one attached hydrogen (secondary N) is 1. The van der Waals surface area contributed by atoms with Crippen molar-refractivity contribution in [2.75, 3.05) is 13.7 Å². The highest BCUT2D eigenvalue weighted by Crippen LogP contribution is 2.25. The molecule has 0 bridgehead atoms. The molecule has 2 amide bonds. The number of hydrogen-bond acceptors (Lipinski definition) is 4. The molecule has 2 aromatic carbocycles. The molecule has 30 heavy (non-hydrogen) atoms. The summed E-state index contributed by atoms with van der Waals surface area (Å²) >= 11 is 0. The van der Waals surface area contributed by atoms with Crippen LogP contribution in [0.25, 0.3) is 0 Å². The first-order chi connectivity index (χ1) is 14.3. The first-order valence-corrected chi connectivity index (χ1v) is 10.3. The summed E-state index contributed by atoms with van der Waals surface area (Å²) in [4.78, 5) is 27.4. The van der Waals surface area contributed by atoms with Gasteiger partial charge in [0, 0.05) is 12.6 Å². The van der Waals surface area contributed by atoms with Crippen LogP contribution in [0.5, 0.6) is 11.5 Å². The molecule has 0 unspecified atom stereocenters. The minimum Gasteiger partial charge on any atom is -0.493 e. The van der Waals surface area contributed by atoms with E-state index < -0.39 is 6.04 Å². The molecule has 0 saturated heterocycles. The van der Waals surface area contributed by atoms with Gasteiger partial charge in [-0.05, 0) is 44.9 Å². The average molecular weight is 413 g/mol. The van der Waals surface area contributed by atoms with Crippen molar-refractivity contribution in [2.45, 2.75) is 52.7 Å². The second kappa shape index (κ2) is 11.2. The van der Waals surface area contributed by atoms with Crippen LogP contribution in [0.3, 0.4) is 0 Å². The third-order valence-corrected chi connectivity index (χ3v) is 5.02. The number of ether oxygens (including phenoxy) is 2. The zero-order valence-corrected chi connectivity index (χ0v) is 18.5. The number of rotatable bonds is 10. The first kappa shape index (κ1) is 23.3. The number of carbonyl (C=O) groups excluding carboxylic acids is 2. The largest absolute Gasteiger partial charge is 0.493 e. The number of nitrogens with zero attached hydrogens (tertiary/aromatic N) is 1. The molecule has 6 nitrogen and oxygen atoms in total. The van der Waals surface area contributed by atoms with Crippen molar-refractivity contribution >= 4 is 11.8 Å². The lowest BCUT2D eigenvalue weighted by molar-refractivity contribution is -0.142. The SMILES string of the molecule is CC[C@H](C)NC(=O)[C@@H](C)N(Cc1cccc(C)c1)C(=O)COc1ccccc1OC. The summed E-state index contributed by atoms with van der Waals surface area (Å²) in [5.41, 5.74) is 2.06. The third kappa shape index (κ3) is 6.51. The highest BCUT2D eigenvalue weighted by atomic mass is 16.5. The molecular formula is C24H32N2O4. The van der Waals surface area contributed by atoms with Crippen LogP contribution in [0.15, 0.2) is 48.5 Å². The zero-order chi connectivity index (χ0) is 22.1. The molecule has 0 saturated carbocycles. The van der Waals surface area contributed by atoms with Crippen molar-refractivity contribution in [3.8, 4) is 11.5 Å². The Labute approximate surface area is 179 Å². The Bertz CT molecular complexity index is 853. The lowest BCUT2D eigenvalue weighted by atomic mass is 10.1. The van der Waals surface area contributed by atoms with E-state index in [9.17, 15) is 9.59 Å². The van der Waals surface area contributed by atoms with Crippen molar-refractivity contribution < 1.29 is 19.1 Å². The van der Waals surface area contributed by atoms with Gasteiger partial charge in [-0.15, -0.1) is 0 Å². The van der Waals surface area contributed by atoms with Gasteiger partial charge < -0.3 is 19.7 Å². The van der Waals surface area contributed by atoms with Gasteiger partial charge in [0.2, 0.25) is 5.91 Å². The van der Waals surface area contributed by atoms with Gasteiger partial charge in [-0.3, -0.25) is 9.59 Å². The van der Waals surface area contributed by atoms with Crippen LogP contribution in [0, 0.1) is 6.92 Å². The highest BCUT2D eigenvalue weighted by molar-refractivity contribution is 5.88. The summed E-state index contributed by atoms with van der Waals surface area (Å²) in [6.07, 6.45) is 0.821. The fourth-order valence-electron chi connectivity index (χ4n) is 3.02. The summed E-state index contributed by atoms with van der Waals surface area (Å²) in [6, 6.07) is 14.5. The standard InChI is InChI=1S/C24H32N2O4/c1-6-18(3)25-24(28)19(4)26(15-20-11-9-10-17(2)14-20)23(27)16-30-22-13-8-7-12-21(22)29-5/h7-14,18-19H,6,15-16H2,1-5H3,(H,25,28)/t18-,19+/m0/s1. The molecule has 0 heterocycles. The van der Waals surface area contributed by atoms with E-state index in [-0.39, 0.29) is 24.5 Å². The monoisotopic (exact) mass is 412 g/mol. The highest BCUT2D eigenvalue weighted by Gasteiger charge is 2.27. The Morgan fingerprint density at radius 1 is 1.07 bits per heavy atom. The number of para-hydroxylation sites is 2. The predicted molar refractivity (Wildman–Crippen MR) is 118 cm³/mol. The lowest BCUT2D eigenvalue weighted by Gasteiger charge is -2.29. The molecule has 2 aromatic rings. The molecule has 1 N–H and O–H groups in total. The minimum absolute atomic E-state index is 0.0423. The maximum absolute atomic E-state index is 13.1. The number of carbonyl (C=O) groups is 2. The molecule has 0 aliphatic carbocycles. The van der Waals surface area contributed by atoms with Gasteiger partial charge in [0.05, 0.1) is 7.11 Å². The van der Waals surface area contributed by atoms with Crippen molar-refractivity contribution in [3.05, 3.63) is 59.7 Å². The van der Waals surface area contributed by atoms with Gasteiger partial charge in [0.25, 0.3) is 5.91 Å². The number of hydrogen-bond donors (Lipinski definition) is 1. The van der Waals surface area contributed by atoms with E-state index in [1.807, 2.05) is 57.2 Å². The topological polar surface area (TPSA) is 67.9 Å². The fraction of sp³-hybridized carbons (Fsp3) is 0.417. The summed E-state index contributed by atoms with van der Waals surface area (Å²) in [5.74, 6) is 0.593. The molecule has 2 atom stereocenters. The number of aryl methyl sites for hydroxylation is 1. The number of benzene rings is 2. The zero-order valence-electron chi connectivity index (χ0n) is 18.5. The van der Waals surface area contributed by atoms with Crippen LogP contribution in [0.2, 0.25) is 0 Å². The smallest absolute Gasteiger partial charge is 0.261 e. The molecule has 0 radical (unpaired) electrons. The Balaban J connectivity index is 2.18. The second-order valence-corrected chi connectivity index (χ2v) is 7.44. The summed E-state index contributed by atoms with van der Waals surface area (Å²) in [7, 11) is 1.55. The molecule has 0 aliphatic rings. The summed E-state index contributed by atoms with van der Waals surface area (Å²) < 4.78 is 11.0. The van der Waals surface area contributed by atoms with E-state index in [0.29, 0.717) is 18.0 Å². The number of methoxy groups -OCH3 is 1. The molecule has 0 aromatic heterocycles. The third-order valence-electron chi connectivity index (χ3n) is 5.02. The Morgan fingerprint density at radius 2 is 1.77 bits per heavy atom. The van der Waals surface area contributed by atoms with Crippen LogP contribution < -0.4 is 14.8 Å². The van der Waals surface area contributed by atoms with E-state index in [1.54, 1.807) is 31.1 Å². The van der Waals surface area contributed by atoms with Crippen LogP contribution in [-0.4, -0.2) is 42.5 Å². The van der Waals surface area contributed by atoms with Gasteiger partial charge >= 0.3 is 0 Å². The van der Waals surface area contributed by atoms with Crippen LogP contribution >= 0.6 is 0 Å². The molecular weight excluding hydrogens is 380 g/mol. The van der Waals surface area contributed by atoms with E-state index in [0.717, 1.165) is 17.5 Å². The summed E-state index contributed by atoms with van der Waals surface area (Å²) in [6.45, 7) is 7.83. The van der Waals surface area contributed by atoms with Gasteiger partial charge in [0.15, 0.2) is 18.1 Å². The second-order valence-electron chi connectivity index (χ2n) is 7.44. The van der Waals surface area contributed by atoms with Crippen LogP contribution in [0.4, 0.5) is 0 Å². The minimum atomic E-state index is -0.631. The van der Waals surface area contributed by atoms with Crippen molar-refractivity contribution in [1.82, 2.24) is 10.2 Å². The van der Waals surface area contributed by atoms with Crippen LogP contribution in [-0.2, 0) is 16.1 Å². The van der Waals surface area contributed by atoms with Crippen molar-refractivity contribution in [3.63, 3.8) is 0 Å². The van der Waals surface area contributed by atoms with E-state index >= 15 is 0 Å². The van der Waals surface area contributed by atoms with Gasteiger partial charge in [-0.2, -0.15) is 0 Å². The number of amides is 2. The van der Waals surface area contributed by atoms with Crippen molar-refractivity contribution in [2.24, 2.45) is 0 Å². The molecule has 6 heteroatoms. The van der Waals surface area contributed by atoms with E-state index in [4.69, 9.17) is 9.47 Å². The van der Waals surface area contributed by atoms with Gasteiger partial charge in [-0.1, -0.05) is 48.9 Å². The maximum atomic E-state index is 13.1. The van der Waals surface area contributed by atoms with E-state index in [2.05, 4.69) is 5.32 Å². The fourth-order valence-corrected chi connectivity index (χ4v) is 3.02. The van der Waals surface area contributed by atoms with Gasteiger partial charge in [-0.25, -0.2) is 0 Å². The van der Waals surface area contributed by atoms with Gasteiger partial charge in [0.1, 0.15) is 6.04 Å².